The van der Waals surface area contributed by atoms with Crippen molar-refractivity contribution in [1.29, 1.82) is 0 Å². The highest BCUT2D eigenvalue weighted by Crippen LogP contribution is 2.44. The van der Waals surface area contributed by atoms with Gasteiger partial charge in [0, 0.05) is 37.6 Å². The summed E-state index contributed by atoms with van der Waals surface area (Å²) in [5.74, 6) is 0.363. The van der Waals surface area contributed by atoms with E-state index in [0.29, 0.717) is 12.1 Å². The fourth-order valence-corrected chi connectivity index (χ4v) is 4.47. The number of nitrogens with zero attached hydrogens (tertiary/aromatic N) is 3. The van der Waals surface area contributed by atoms with Crippen LogP contribution in [0.2, 0.25) is 0 Å². The second-order valence-electron chi connectivity index (χ2n) is 7.16. The highest BCUT2D eigenvalue weighted by Gasteiger charge is 2.46. The first-order valence-electron chi connectivity index (χ1n) is 9.37. The first-order chi connectivity index (χ1) is 12.3. The molecule has 2 aliphatic heterocycles. The van der Waals surface area contributed by atoms with Gasteiger partial charge in [-0.2, -0.15) is 0 Å². The van der Waals surface area contributed by atoms with Gasteiger partial charge in [0.25, 0.3) is 0 Å². The van der Waals surface area contributed by atoms with Crippen LogP contribution >= 0.6 is 0 Å². The van der Waals surface area contributed by atoms with E-state index in [1.165, 1.54) is 12.0 Å². The summed E-state index contributed by atoms with van der Waals surface area (Å²) in [6, 6.07) is 11.5. The molecular formula is C20H26N4O. The molecule has 2 fully saturated rings. The number of rotatable bonds is 6. The van der Waals surface area contributed by atoms with E-state index in [1.54, 1.807) is 6.20 Å². The van der Waals surface area contributed by atoms with Gasteiger partial charge in [-0.05, 0) is 37.8 Å². The van der Waals surface area contributed by atoms with Crippen LogP contribution in [0.1, 0.15) is 37.3 Å². The largest absolute Gasteiger partial charge is 0.356 e. The Balaban J connectivity index is 1.34. The Kier molecular flexibility index (Phi) is 4.83. The summed E-state index contributed by atoms with van der Waals surface area (Å²) in [7, 11) is 0. The van der Waals surface area contributed by atoms with Crippen LogP contribution < -0.4 is 5.32 Å². The first-order valence-corrected chi connectivity index (χ1v) is 9.37. The summed E-state index contributed by atoms with van der Waals surface area (Å²) >= 11 is 0. The second-order valence-corrected chi connectivity index (χ2v) is 7.16. The van der Waals surface area contributed by atoms with Crippen LogP contribution in [0.25, 0.3) is 0 Å². The molecule has 4 rings (SSSR count). The van der Waals surface area contributed by atoms with Gasteiger partial charge in [-0.25, -0.2) is 4.98 Å². The molecule has 132 valence electrons. The van der Waals surface area contributed by atoms with Crippen molar-refractivity contribution in [3.8, 4) is 0 Å². The van der Waals surface area contributed by atoms with E-state index in [2.05, 4.69) is 45.5 Å². The fraction of sp³-hybridized carbons (Fsp3) is 0.500. The summed E-state index contributed by atoms with van der Waals surface area (Å²) in [6.45, 7) is 2.75. The summed E-state index contributed by atoms with van der Waals surface area (Å²) in [5, 5.41) is 3.17. The lowest BCUT2D eigenvalue weighted by Crippen LogP contribution is -2.38. The second kappa shape index (κ2) is 7.40. The van der Waals surface area contributed by atoms with Gasteiger partial charge in [-0.1, -0.05) is 30.3 Å². The lowest BCUT2D eigenvalue weighted by Gasteiger charge is -2.24. The maximum Gasteiger partial charge on any atom is 0.224 e. The molecule has 25 heavy (non-hydrogen) atoms. The fourth-order valence-electron chi connectivity index (χ4n) is 4.47. The summed E-state index contributed by atoms with van der Waals surface area (Å²) < 4.78 is 2.05. The molecule has 3 heterocycles. The SMILES string of the molecule is O=C(NCCCn1ccnc1)[C@@H]1C[C@H](c2ccccc2)N2CCC[C@@H]12. The Morgan fingerprint density at radius 3 is 2.96 bits per heavy atom. The third-order valence-corrected chi connectivity index (χ3v) is 5.66. The number of aromatic nitrogens is 2. The molecule has 0 bridgehead atoms. The minimum atomic E-state index is 0.126. The predicted octanol–water partition coefficient (Wildman–Crippen LogP) is 2.62. The third kappa shape index (κ3) is 3.47. The highest BCUT2D eigenvalue weighted by atomic mass is 16.2. The van der Waals surface area contributed by atoms with Gasteiger partial charge in [0.1, 0.15) is 0 Å². The predicted molar refractivity (Wildman–Crippen MR) is 96.9 cm³/mol. The lowest BCUT2D eigenvalue weighted by atomic mass is 9.93. The zero-order valence-electron chi connectivity index (χ0n) is 14.6. The number of carbonyl (C=O) groups is 1. The molecule has 5 heteroatoms. The van der Waals surface area contributed by atoms with Crippen molar-refractivity contribution in [2.24, 2.45) is 5.92 Å². The molecule has 1 N–H and O–H groups in total. The normalized spacial score (nSPS) is 25.8. The van der Waals surface area contributed by atoms with Gasteiger partial charge in [0.05, 0.1) is 12.2 Å². The minimum Gasteiger partial charge on any atom is -0.356 e. The number of nitrogens with one attached hydrogen (secondary N) is 1. The first kappa shape index (κ1) is 16.3. The van der Waals surface area contributed by atoms with E-state index >= 15 is 0 Å². The summed E-state index contributed by atoms with van der Waals surface area (Å²) in [5.41, 5.74) is 1.35. The molecule has 0 unspecified atom stereocenters. The number of carbonyl (C=O) groups excluding carboxylic acids is 1. The van der Waals surface area contributed by atoms with Crippen molar-refractivity contribution in [3.05, 3.63) is 54.6 Å². The molecule has 2 saturated heterocycles. The number of hydrogen-bond acceptors (Lipinski definition) is 3. The summed E-state index contributed by atoms with van der Waals surface area (Å²) in [6.07, 6.45) is 9.80. The van der Waals surface area contributed by atoms with Gasteiger partial charge in [0.15, 0.2) is 0 Å². The van der Waals surface area contributed by atoms with Gasteiger partial charge >= 0.3 is 0 Å². The van der Waals surface area contributed by atoms with Gasteiger partial charge in [0.2, 0.25) is 5.91 Å². The Morgan fingerprint density at radius 2 is 2.16 bits per heavy atom. The highest BCUT2D eigenvalue weighted by molar-refractivity contribution is 5.80. The number of benzene rings is 1. The zero-order chi connectivity index (χ0) is 17.1. The smallest absolute Gasteiger partial charge is 0.224 e. The molecule has 0 aliphatic carbocycles. The van der Waals surface area contributed by atoms with Crippen molar-refractivity contribution in [3.63, 3.8) is 0 Å². The van der Waals surface area contributed by atoms with Crippen molar-refractivity contribution >= 4 is 5.91 Å². The van der Waals surface area contributed by atoms with Crippen molar-refractivity contribution in [2.45, 2.75) is 44.3 Å². The lowest BCUT2D eigenvalue weighted by molar-refractivity contribution is -0.125. The third-order valence-electron chi connectivity index (χ3n) is 5.66. The quantitative estimate of drug-likeness (QED) is 0.824. The molecule has 0 radical (unpaired) electrons. The number of amides is 1. The van der Waals surface area contributed by atoms with Crippen LogP contribution in [0.5, 0.6) is 0 Å². The van der Waals surface area contributed by atoms with Crippen LogP contribution in [-0.2, 0) is 11.3 Å². The van der Waals surface area contributed by atoms with Crippen LogP contribution in [0.3, 0.4) is 0 Å². The molecule has 2 aliphatic rings. The van der Waals surface area contributed by atoms with E-state index in [1.807, 2.05) is 17.1 Å². The molecule has 5 nitrogen and oxygen atoms in total. The molecule has 1 amide bonds. The molecule has 3 atom stereocenters. The van der Waals surface area contributed by atoms with Crippen molar-refractivity contribution < 1.29 is 4.79 Å². The Morgan fingerprint density at radius 1 is 1.28 bits per heavy atom. The molecule has 0 spiro atoms. The molecule has 0 saturated carbocycles. The van der Waals surface area contributed by atoms with Crippen LogP contribution in [-0.4, -0.2) is 39.5 Å². The van der Waals surface area contributed by atoms with Crippen LogP contribution in [0, 0.1) is 5.92 Å². The maximum atomic E-state index is 12.8. The van der Waals surface area contributed by atoms with E-state index in [9.17, 15) is 4.79 Å². The van der Waals surface area contributed by atoms with E-state index in [0.717, 1.165) is 38.9 Å². The monoisotopic (exact) mass is 338 g/mol. The minimum absolute atomic E-state index is 0.126. The van der Waals surface area contributed by atoms with Gasteiger partial charge in [-0.3, -0.25) is 9.69 Å². The van der Waals surface area contributed by atoms with Crippen LogP contribution in [0.15, 0.2) is 49.1 Å². The molecule has 1 aromatic heterocycles. The Labute approximate surface area is 149 Å². The standard InChI is InChI=1S/C20H26N4O/c25-20(22-9-5-11-23-13-10-21-15-23)17-14-19(16-6-2-1-3-7-16)24-12-4-8-18(17)24/h1-3,6-7,10,13,15,17-19H,4-5,8-9,11-12,14H2,(H,22,25)/t17-,18+,19-/m1/s1. The number of aryl methyl sites for hydroxylation is 1. The topological polar surface area (TPSA) is 50.2 Å². The number of hydrogen-bond donors (Lipinski definition) is 1. The van der Waals surface area contributed by atoms with Crippen molar-refractivity contribution in [2.75, 3.05) is 13.1 Å². The van der Waals surface area contributed by atoms with Crippen molar-refractivity contribution in [1.82, 2.24) is 19.8 Å². The maximum absolute atomic E-state index is 12.8. The van der Waals surface area contributed by atoms with Gasteiger partial charge < -0.3 is 9.88 Å². The van der Waals surface area contributed by atoms with E-state index < -0.39 is 0 Å². The Hall–Kier alpha value is -2.14. The average Bonchev–Trinajstić information content (AvgIpc) is 3.36. The zero-order valence-corrected chi connectivity index (χ0v) is 14.6. The molecular weight excluding hydrogens is 312 g/mol. The number of fused-ring (bicyclic) bond motifs is 1. The average molecular weight is 338 g/mol. The van der Waals surface area contributed by atoms with Crippen LogP contribution in [0.4, 0.5) is 0 Å². The van der Waals surface area contributed by atoms with Gasteiger partial charge in [-0.15, -0.1) is 0 Å². The summed E-state index contributed by atoms with van der Waals surface area (Å²) in [4.78, 5) is 19.4. The van der Waals surface area contributed by atoms with E-state index in [-0.39, 0.29) is 11.8 Å². The number of imidazole rings is 1. The Bertz CT molecular complexity index is 685. The molecule has 1 aromatic carbocycles. The molecule has 2 aromatic rings. The van der Waals surface area contributed by atoms with E-state index in [4.69, 9.17) is 0 Å².